The lowest BCUT2D eigenvalue weighted by Crippen LogP contribution is -2.01. The molecule has 0 aliphatic rings. The van der Waals surface area contributed by atoms with Crippen LogP contribution in [0.25, 0.3) is 0 Å². The average molecular weight is 378 g/mol. The number of alkyl halides is 3. The molecule has 0 bridgehead atoms. The number of rotatable bonds is 3. The van der Waals surface area contributed by atoms with Crippen molar-refractivity contribution < 1.29 is 13.5 Å². The number of pyridine rings is 1. The van der Waals surface area contributed by atoms with Gasteiger partial charge in [-0.1, -0.05) is 15.9 Å². The molecule has 2 nitrogen and oxygen atoms in total. The van der Waals surface area contributed by atoms with E-state index in [0.717, 1.165) is 0 Å². The van der Waals surface area contributed by atoms with Crippen molar-refractivity contribution in [2.45, 2.75) is 11.8 Å². The van der Waals surface area contributed by atoms with Crippen LogP contribution in [0.4, 0.5) is 8.78 Å². The highest BCUT2D eigenvalue weighted by Gasteiger charge is 2.18. The Hall–Kier alpha value is 0.0200. The Morgan fingerprint density at radius 3 is 2.71 bits per heavy atom. The Morgan fingerprint density at radius 1 is 1.64 bits per heavy atom. The Kier molecular flexibility index (Phi) is 4.49. The van der Waals surface area contributed by atoms with Crippen LogP contribution in [0.2, 0.25) is 0 Å². The van der Waals surface area contributed by atoms with Gasteiger partial charge >= 0.3 is 0 Å². The molecule has 0 radical (unpaired) electrons. The molecule has 78 valence electrons. The molecule has 0 amide bonds. The first-order valence-corrected chi connectivity index (χ1v) is 5.87. The summed E-state index contributed by atoms with van der Waals surface area (Å²) < 4.78 is 30.6. The van der Waals surface area contributed by atoms with Crippen molar-refractivity contribution in [1.29, 1.82) is 0 Å². The summed E-state index contributed by atoms with van der Waals surface area (Å²) in [7, 11) is 1.42. The standard InChI is InChI=1S/C8H7BrF2INO/c1-14-8-5(3-9)4(7(10)11)2-6(12)13-8/h2,7H,3H2,1H3. The minimum Gasteiger partial charge on any atom is -0.481 e. The quantitative estimate of drug-likeness (QED) is 0.456. The van der Waals surface area contributed by atoms with E-state index < -0.39 is 6.43 Å². The van der Waals surface area contributed by atoms with Crippen molar-refractivity contribution in [3.05, 3.63) is 20.9 Å². The van der Waals surface area contributed by atoms with Crippen LogP contribution in [0.5, 0.6) is 5.88 Å². The molecule has 1 heterocycles. The minimum absolute atomic E-state index is 0.0295. The molecule has 0 fully saturated rings. The molecule has 0 aliphatic carbocycles. The lowest BCUT2D eigenvalue weighted by atomic mass is 10.1. The normalized spacial score (nSPS) is 10.7. The number of nitrogens with zero attached hydrogens (tertiary/aromatic N) is 1. The van der Waals surface area contributed by atoms with E-state index in [1.54, 1.807) is 0 Å². The second-order valence-electron chi connectivity index (χ2n) is 2.46. The first-order valence-electron chi connectivity index (χ1n) is 3.67. The zero-order chi connectivity index (χ0) is 10.7. The first-order chi connectivity index (χ1) is 6.60. The summed E-state index contributed by atoms with van der Waals surface area (Å²) in [6.07, 6.45) is -2.51. The van der Waals surface area contributed by atoms with Gasteiger partial charge in [-0.3, -0.25) is 0 Å². The van der Waals surface area contributed by atoms with E-state index in [1.165, 1.54) is 13.2 Å². The van der Waals surface area contributed by atoms with E-state index in [1.807, 2.05) is 22.6 Å². The van der Waals surface area contributed by atoms with E-state index in [-0.39, 0.29) is 11.4 Å². The zero-order valence-corrected chi connectivity index (χ0v) is 11.0. The number of hydrogen-bond acceptors (Lipinski definition) is 2. The molecular weight excluding hydrogens is 371 g/mol. The molecule has 0 saturated carbocycles. The summed E-state index contributed by atoms with van der Waals surface area (Å²) >= 11 is 5.02. The van der Waals surface area contributed by atoms with E-state index in [4.69, 9.17) is 4.74 Å². The van der Waals surface area contributed by atoms with E-state index in [9.17, 15) is 8.78 Å². The third-order valence-corrected chi connectivity index (χ3v) is 2.77. The lowest BCUT2D eigenvalue weighted by Gasteiger charge is -2.10. The summed E-state index contributed by atoms with van der Waals surface area (Å²) in [5.74, 6) is 0.254. The van der Waals surface area contributed by atoms with Gasteiger partial charge in [0.15, 0.2) is 0 Å². The van der Waals surface area contributed by atoms with Gasteiger partial charge in [0, 0.05) is 16.5 Å². The summed E-state index contributed by atoms with van der Waals surface area (Å²) in [5.41, 5.74) is 0.376. The van der Waals surface area contributed by atoms with E-state index in [2.05, 4.69) is 20.9 Å². The highest BCUT2D eigenvalue weighted by Crippen LogP contribution is 2.31. The lowest BCUT2D eigenvalue weighted by molar-refractivity contribution is 0.149. The van der Waals surface area contributed by atoms with Gasteiger partial charge in [-0.05, 0) is 28.7 Å². The van der Waals surface area contributed by atoms with Gasteiger partial charge in [0.2, 0.25) is 5.88 Å². The number of halogens is 4. The molecule has 1 aromatic heterocycles. The maximum Gasteiger partial charge on any atom is 0.264 e. The molecule has 1 rings (SSSR count). The number of methoxy groups -OCH3 is 1. The summed E-state index contributed by atoms with van der Waals surface area (Å²) in [6, 6.07) is 1.37. The predicted molar refractivity (Wildman–Crippen MR) is 61.1 cm³/mol. The van der Waals surface area contributed by atoms with Crippen molar-refractivity contribution in [2.75, 3.05) is 7.11 Å². The topological polar surface area (TPSA) is 22.1 Å². The second-order valence-corrected chi connectivity index (χ2v) is 4.12. The predicted octanol–water partition coefficient (Wildman–Crippen LogP) is 3.53. The van der Waals surface area contributed by atoms with Crippen molar-refractivity contribution in [1.82, 2.24) is 4.98 Å². The monoisotopic (exact) mass is 377 g/mol. The molecule has 0 saturated heterocycles. The van der Waals surface area contributed by atoms with Crippen LogP contribution in [0.15, 0.2) is 6.07 Å². The van der Waals surface area contributed by atoms with Gasteiger partial charge in [0.05, 0.1) is 7.11 Å². The minimum atomic E-state index is -2.51. The Morgan fingerprint density at radius 2 is 2.29 bits per heavy atom. The molecule has 0 N–H and O–H groups in total. The molecule has 0 unspecified atom stereocenters. The smallest absolute Gasteiger partial charge is 0.264 e. The van der Waals surface area contributed by atoms with Crippen molar-refractivity contribution in [2.24, 2.45) is 0 Å². The Balaban J connectivity index is 3.31. The van der Waals surface area contributed by atoms with E-state index >= 15 is 0 Å². The van der Waals surface area contributed by atoms with E-state index in [0.29, 0.717) is 14.6 Å². The van der Waals surface area contributed by atoms with Crippen molar-refractivity contribution >= 4 is 38.5 Å². The fourth-order valence-corrected chi connectivity index (χ4v) is 2.15. The molecular formula is C8H7BrF2INO. The van der Waals surface area contributed by atoms with Gasteiger partial charge in [0.1, 0.15) is 3.70 Å². The molecule has 0 aromatic carbocycles. The molecule has 0 aliphatic heterocycles. The van der Waals surface area contributed by atoms with Gasteiger partial charge in [-0.2, -0.15) is 0 Å². The van der Waals surface area contributed by atoms with Crippen LogP contribution in [0, 0.1) is 3.70 Å². The maximum atomic E-state index is 12.6. The third kappa shape index (κ3) is 2.53. The molecule has 0 atom stereocenters. The molecule has 0 spiro atoms. The fraction of sp³-hybridized carbons (Fsp3) is 0.375. The highest BCUT2D eigenvalue weighted by atomic mass is 127. The van der Waals surface area contributed by atoms with Crippen molar-refractivity contribution in [3.8, 4) is 5.88 Å². The van der Waals surface area contributed by atoms with Crippen LogP contribution in [-0.2, 0) is 5.33 Å². The SMILES string of the molecule is COc1nc(I)cc(C(F)F)c1CBr. The Labute approximate surface area is 102 Å². The van der Waals surface area contributed by atoms with Crippen LogP contribution in [0.3, 0.4) is 0 Å². The fourth-order valence-electron chi connectivity index (χ4n) is 1.03. The van der Waals surface area contributed by atoms with Crippen LogP contribution >= 0.6 is 38.5 Å². The second kappa shape index (κ2) is 5.20. The van der Waals surface area contributed by atoms with Crippen LogP contribution in [-0.4, -0.2) is 12.1 Å². The van der Waals surface area contributed by atoms with Crippen LogP contribution in [0.1, 0.15) is 17.6 Å². The van der Waals surface area contributed by atoms with Gasteiger partial charge in [0.25, 0.3) is 6.43 Å². The number of aromatic nitrogens is 1. The largest absolute Gasteiger partial charge is 0.481 e. The first kappa shape index (κ1) is 12.1. The summed E-state index contributed by atoms with van der Waals surface area (Å²) in [4.78, 5) is 4.01. The maximum absolute atomic E-state index is 12.6. The zero-order valence-electron chi connectivity index (χ0n) is 7.23. The molecule has 6 heteroatoms. The summed E-state index contributed by atoms with van der Waals surface area (Å²) in [5, 5.41) is 0.305. The summed E-state index contributed by atoms with van der Waals surface area (Å²) in [6.45, 7) is 0. The molecule has 1 aromatic rings. The number of hydrogen-bond donors (Lipinski definition) is 0. The average Bonchev–Trinajstić information content (AvgIpc) is 2.16. The third-order valence-electron chi connectivity index (χ3n) is 1.65. The molecule has 14 heavy (non-hydrogen) atoms. The van der Waals surface area contributed by atoms with Gasteiger partial charge in [-0.15, -0.1) is 0 Å². The van der Waals surface area contributed by atoms with Gasteiger partial charge in [-0.25, -0.2) is 13.8 Å². The Bertz CT molecular complexity index is 335. The highest BCUT2D eigenvalue weighted by molar-refractivity contribution is 14.1. The number of ether oxygens (including phenoxy) is 1. The van der Waals surface area contributed by atoms with Crippen molar-refractivity contribution in [3.63, 3.8) is 0 Å². The van der Waals surface area contributed by atoms with Crippen LogP contribution < -0.4 is 4.74 Å². The van der Waals surface area contributed by atoms with Gasteiger partial charge < -0.3 is 4.74 Å².